The lowest BCUT2D eigenvalue weighted by atomic mass is 10.0. The highest BCUT2D eigenvalue weighted by atomic mass is 35.5. The Morgan fingerprint density at radius 3 is 2.71 bits per heavy atom. The van der Waals surface area contributed by atoms with Crippen LogP contribution in [0.3, 0.4) is 0 Å². The Hall–Kier alpha value is -0.730. The molecular weight excluding hydrogens is 198 g/mol. The minimum atomic E-state index is 0.137. The van der Waals surface area contributed by atoms with Crippen LogP contribution in [0.15, 0.2) is 18.2 Å². The molecule has 0 saturated heterocycles. The molecule has 0 amide bonds. The second-order valence-corrected chi connectivity index (χ2v) is 4.16. The van der Waals surface area contributed by atoms with Crippen LogP contribution in [0.1, 0.15) is 24.4 Å². The highest BCUT2D eigenvalue weighted by molar-refractivity contribution is 6.32. The molecule has 2 N–H and O–H groups in total. The fourth-order valence-corrected chi connectivity index (χ4v) is 1.88. The molecule has 0 radical (unpaired) electrons. The van der Waals surface area contributed by atoms with E-state index >= 15 is 0 Å². The van der Waals surface area contributed by atoms with Gasteiger partial charge in [0.05, 0.1) is 12.1 Å². The van der Waals surface area contributed by atoms with Gasteiger partial charge in [-0.05, 0) is 36.5 Å². The molecule has 2 nitrogen and oxygen atoms in total. The van der Waals surface area contributed by atoms with Crippen LogP contribution in [0.2, 0.25) is 5.02 Å². The fourth-order valence-electron chi connectivity index (χ4n) is 1.62. The van der Waals surface area contributed by atoms with Crippen LogP contribution < -0.4 is 10.5 Å². The third kappa shape index (κ3) is 1.86. The van der Waals surface area contributed by atoms with Gasteiger partial charge in [-0.25, -0.2) is 0 Å². The average Bonchev–Trinajstić information content (AvgIpc) is 3.00. The molecule has 0 heterocycles. The van der Waals surface area contributed by atoms with E-state index in [2.05, 4.69) is 0 Å². The quantitative estimate of drug-likeness (QED) is 0.835. The van der Waals surface area contributed by atoms with Crippen LogP contribution in [0, 0.1) is 5.92 Å². The minimum Gasteiger partial charge on any atom is -0.495 e. The molecule has 76 valence electrons. The number of benzene rings is 1. The molecule has 1 atom stereocenters. The molecule has 3 heteroatoms. The van der Waals surface area contributed by atoms with E-state index < -0.39 is 0 Å². The predicted molar refractivity (Wildman–Crippen MR) is 57.7 cm³/mol. The number of nitrogens with two attached hydrogens (primary N) is 1. The monoisotopic (exact) mass is 211 g/mol. The van der Waals surface area contributed by atoms with Crippen LogP contribution >= 0.6 is 11.6 Å². The number of hydrogen-bond acceptors (Lipinski definition) is 2. The highest BCUT2D eigenvalue weighted by Gasteiger charge is 2.29. The first-order valence-corrected chi connectivity index (χ1v) is 5.19. The van der Waals surface area contributed by atoms with Crippen LogP contribution in [0.5, 0.6) is 5.75 Å². The minimum absolute atomic E-state index is 0.137. The summed E-state index contributed by atoms with van der Waals surface area (Å²) in [4.78, 5) is 0. The summed E-state index contributed by atoms with van der Waals surface area (Å²) in [5.74, 6) is 1.36. The Morgan fingerprint density at radius 2 is 2.21 bits per heavy atom. The van der Waals surface area contributed by atoms with Gasteiger partial charge in [-0.15, -0.1) is 0 Å². The average molecular weight is 212 g/mol. The molecule has 0 aromatic heterocycles. The van der Waals surface area contributed by atoms with E-state index in [-0.39, 0.29) is 6.04 Å². The van der Waals surface area contributed by atoms with Crippen LogP contribution in [0.4, 0.5) is 0 Å². The summed E-state index contributed by atoms with van der Waals surface area (Å²) in [5.41, 5.74) is 7.17. The van der Waals surface area contributed by atoms with Crippen molar-refractivity contribution in [3.63, 3.8) is 0 Å². The highest BCUT2D eigenvalue weighted by Crippen LogP contribution is 2.40. The predicted octanol–water partition coefficient (Wildman–Crippen LogP) is 2.76. The number of methoxy groups -OCH3 is 1. The molecule has 0 spiro atoms. The van der Waals surface area contributed by atoms with Gasteiger partial charge < -0.3 is 10.5 Å². The van der Waals surface area contributed by atoms with E-state index in [1.54, 1.807) is 7.11 Å². The summed E-state index contributed by atoms with van der Waals surface area (Å²) in [6, 6.07) is 5.91. The summed E-state index contributed by atoms with van der Waals surface area (Å²) < 4.78 is 5.08. The lowest BCUT2D eigenvalue weighted by Crippen LogP contribution is -2.12. The van der Waals surface area contributed by atoms with E-state index in [0.29, 0.717) is 16.7 Å². The lowest BCUT2D eigenvalue weighted by Gasteiger charge is -2.12. The Balaban J connectivity index is 2.22. The maximum atomic E-state index is 6.06. The molecule has 1 aliphatic carbocycles. The summed E-state index contributed by atoms with van der Waals surface area (Å²) in [6.45, 7) is 0. The molecule has 0 bridgehead atoms. The van der Waals surface area contributed by atoms with Gasteiger partial charge in [0.2, 0.25) is 0 Å². The Bertz CT molecular complexity index is 336. The second kappa shape index (κ2) is 3.79. The van der Waals surface area contributed by atoms with Gasteiger partial charge in [-0.1, -0.05) is 17.7 Å². The molecule has 0 unspecified atom stereocenters. The van der Waals surface area contributed by atoms with Gasteiger partial charge in [0.25, 0.3) is 0 Å². The van der Waals surface area contributed by atoms with Crippen LogP contribution in [-0.4, -0.2) is 7.11 Å². The standard InChI is InChI=1S/C11H14ClNO/c1-14-10-5-4-8(6-9(10)12)11(13)7-2-3-7/h4-7,11H,2-3,13H2,1H3/t11-/m0/s1. The van der Waals surface area contributed by atoms with E-state index in [9.17, 15) is 0 Å². The smallest absolute Gasteiger partial charge is 0.137 e. The number of ether oxygens (including phenoxy) is 1. The van der Waals surface area contributed by atoms with Crippen molar-refractivity contribution in [1.82, 2.24) is 0 Å². The SMILES string of the molecule is COc1ccc([C@@H](N)C2CC2)cc1Cl. The molecule has 1 aromatic carbocycles. The fraction of sp³-hybridized carbons (Fsp3) is 0.455. The van der Waals surface area contributed by atoms with Crippen molar-refractivity contribution in [2.75, 3.05) is 7.11 Å². The number of rotatable bonds is 3. The summed E-state index contributed by atoms with van der Waals surface area (Å²) in [5, 5.41) is 0.640. The van der Waals surface area contributed by atoms with Crippen molar-refractivity contribution >= 4 is 11.6 Å². The van der Waals surface area contributed by atoms with Gasteiger partial charge in [0.15, 0.2) is 0 Å². The molecule has 1 fully saturated rings. The summed E-state index contributed by atoms with van der Waals surface area (Å²) in [6.07, 6.45) is 2.48. The Kier molecular flexibility index (Phi) is 2.66. The van der Waals surface area contributed by atoms with Gasteiger partial charge >= 0.3 is 0 Å². The zero-order valence-electron chi connectivity index (χ0n) is 8.16. The van der Waals surface area contributed by atoms with Crippen LogP contribution in [-0.2, 0) is 0 Å². The molecular formula is C11H14ClNO. The van der Waals surface area contributed by atoms with Crippen molar-refractivity contribution in [3.05, 3.63) is 28.8 Å². The summed E-state index contributed by atoms with van der Waals surface area (Å²) >= 11 is 6.02. The zero-order chi connectivity index (χ0) is 10.1. The summed E-state index contributed by atoms with van der Waals surface area (Å²) in [7, 11) is 1.61. The maximum Gasteiger partial charge on any atom is 0.137 e. The molecule has 1 aromatic rings. The van der Waals surface area contributed by atoms with Crippen molar-refractivity contribution in [2.45, 2.75) is 18.9 Å². The van der Waals surface area contributed by atoms with E-state index in [0.717, 1.165) is 5.56 Å². The first-order valence-electron chi connectivity index (χ1n) is 4.81. The van der Waals surface area contributed by atoms with Crippen LogP contribution in [0.25, 0.3) is 0 Å². The largest absolute Gasteiger partial charge is 0.495 e. The molecule has 2 rings (SSSR count). The van der Waals surface area contributed by atoms with E-state index in [1.807, 2.05) is 18.2 Å². The molecule has 0 aliphatic heterocycles. The van der Waals surface area contributed by atoms with Gasteiger partial charge in [0.1, 0.15) is 5.75 Å². The number of halogens is 1. The van der Waals surface area contributed by atoms with Crippen molar-refractivity contribution in [3.8, 4) is 5.75 Å². The molecule has 1 saturated carbocycles. The van der Waals surface area contributed by atoms with Gasteiger partial charge in [0, 0.05) is 6.04 Å². The van der Waals surface area contributed by atoms with Gasteiger partial charge in [-0.2, -0.15) is 0 Å². The van der Waals surface area contributed by atoms with E-state index in [1.165, 1.54) is 12.8 Å². The Labute approximate surface area is 89.0 Å². The molecule has 1 aliphatic rings. The first-order chi connectivity index (χ1) is 6.72. The van der Waals surface area contributed by atoms with E-state index in [4.69, 9.17) is 22.1 Å². The topological polar surface area (TPSA) is 35.2 Å². The van der Waals surface area contributed by atoms with Crippen molar-refractivity contribution < 1.29 is 4.74 Å². The van der Waals surface area contributed by atoms with Crippen molar-refractivity contribution in [2.24, 2.45) is 11.7 Å². The third-order valence-corrected chi connectivity index (χ3v) is 2.99. The maximum absolute atomic E-state index is 6.06. The normalized spacial score (nSPS) is 17.9. The number of hydrogen-bond donors (Lipinski definition) is 1. The second-order valence-electron chi connectivity index (χ2n) is 3.76. The lowest BCUT2D eigenvalue weighted by molar-refractivity contribution is 0.414. The molecule has 14 heavy (non-hydrogen) atoms. The third-order valence-electron chi connectivity index (χ3n) is 2.69. The Morgan fingerprint density at radius 1 is 1.50 bits per heavy atom. The zero-order valence-corrected chi connectivity index (χ0v) is 8.92. The van der Waals surface area contributed by atoms with Crippen molar-refractivity contribution in [1.29, 1.82) is 0 Å². The van der Waals surface area contributed by atoms with Gasteiger partial charge in [-0.3, -0.25) is 0 Å². The first kappa shape index (κ1) is 9.81.